The molecular weight excluding hydrogens is 407 g/mol. The molecule has 3 aliphatic heterocycles. The molecule has 0 radical (unpaired) electrons. The number of amides is 2. The number of halogens is 1. The molecule has 0 N–H and O–H groups in total. The van der Waals surface area contributed by atoms with Crippen LogP contribution < -0.4 is 14.7 Å². The van der Waals surface area contributed by atoms with Gasteiger partial charge in [-0.25, -0.2) is 4.39 Å². The third-order valence-electron chi connectivity index (χ3n) is 7.03. The molecule has 7 heteroatoms. The Morgan fingerprint density at radius 2 is 1.72 bits per heavy atom. The summed E-state index contributed by atoms with van der Waals surface area (Å²) < 4.78 is 15.0. The Labute approximate surface area is 188 Å². The maximum Gasteiger partial charge on any atom is 0.258 e. The Kier molecular flexibility index (Phi) is 5.37. The molecule has 5 rings (SSSR count). The van der Waals surface area contributed by atoms with Gasteiger partial charge >= 0.3 is 0 Å². The zero-order valence-electron chi connectivity index (χ0n) is 18.7. The number of hydrogen-bond donors (Lipinski definition) is 0. The molecule has 6 nitrogen and oxygen atoms in total. The Balaban J connectivity index is 1.35. The molecule has 168 valence electrons. The van der Waals surface area contributed by atoms with Gasteiger partial charge in [-0.15, -0.1) is 0 Å². The quantitative estimate of drug-likeness (QED) is 0.738. The number of carbonyl (C=O) groups excluding carboxylic acids is 2. The van der Waals surface area contributed by atoms with Crippen LogP contribution in [0, 0.1) is 5.82 Å². The van der Waals surface area contributed by atoms with E-state index in [0.717, 1.165) is 43.7 Å². The highest BCUT2D eigenvalue weighted by molar-refractivity contribution is 6.08. The zero-order chi connectivity index (χ0) is 22.4. The van der Waals surface area contributed by atoms with Crippen molar-refractivity contribution in [2.45, 2.75) is 31.7 Å². The van der Waals surface area contributed by atoms with Gasteiger partial charge in [0, 0.05) is 55.6 Å². The molecule has 0 spiro atoms. The smallest absolute Gasteiger partial charge is 0.258 e. The first-order valence-corrected chi connectivity index (χ1v) is 11.4. The minimum absolute atomic E-state index is 0.119. The molecule has 2 aromatic rings. The van der Waals surface area contributed by atoms with Crippen molar-refractivity contribution in [3.05, 3.63) is 53.3 Å². The predicted octanol–water partition coefficient (Wildman–Crippen LogP) is 3.30. The molecule has 2 aromatic carbocycles. The monoisotopic (exact) mass is 436 g/mol. The number of anilines is 3. The largest absolute Gasteiger partial charge is 0.368 e. The van der Waals surface area contributed by atoms with Gasteiger partial charge in [-0.1, -0.05) is 0 Å². The summed E-state index contributed by atoms with van der Waals surface area (Å²) in [6, 6.07) is 11.2. The molecule has 1 unspecified atom stereocenters. The molecule has 1 atom stereocenters. The van der Waals surface area contributed by atoms with Crippen molar-refractivity contribution < 1.29 is 14.0 Å². The van der Waals surface area contributed by atoms with Crippen LogP contribution in [0.4, 0.5) is 21.5 Å². The fourth-order valence-corrected chi connectivity index (χ4v) is 5.11. The molecule has 0 aromatic heterocycles. The van der Waals surface area contributed by atoms with Gasteiger partial charge in [-0.05, 0) is 75.3 Å². The average molecular weight is 437 g/mol. The lowest BCUT2D eigenvalue weighted by Crippen LogP contribution is -2.38. The summed E-state index contributed by atoms with van der Waals surface area (Å²) in [7, 11) is 4.11. The lowest BCUT2D eigenvalue weighted by Gasteiger charge is -2.30. The fraction of sp³-hybridized carbons (Fsp3) is 0.440. The summed E-state index contributed by atoms with van der Waals surface area (Å²) in [4.78, 5) is 33.0. The summed E-state index contributed by atoms with van der Waals surface area (Å²) in [5.74, 6) is -0.269. The highest BCUT2D eigenvalue weighted by atomic mass is 19.1. The van der Waals surface area contributed by atoms with E-state index in [2.05, 4.69) is 23.9 Å². The highest BCUT2D eigenvalue weighted by Crippen LogP contribution is 2.32. The van der Waals surface area contributed by atoms with E-state index in [1.54, 1.807) is 21.9 Å². The second-order valence-electron chi connectivity index (χ2n) is 9.19. The van der Waals surface area contributed by atoms with E-state index in [0.29, 0.717) is 42.4 Å². The lowest BCUT2D eigenvalue weighted by molar-refractivity contribution is -0.117. The van der Waals surface area contributed by atoms with Gasteiger partial charge in [0.05, 0.1) is 5.69 Å². The Morgan fingerprint density at radius 3 is 2.41 bits per heavy atom. The summed E-state index contributed by atoms with van der Waals surface area (Å²) in [6.45, 7) is 2.86. The third-order valence-corrected chi connectivity index (χ3v) is 7.03. The van der Waals surface area contributed by atoms with Crippen molar-refractivity contribution in [2.75, 3.05) is 55.0 Å². The minimum Gasteiger partial charge on any atom is -0.368 e. The van der Waals surface area contributed by atoms with Crippen LogP contribution >= 0.6 is 0 Å². The average Bonchev–Trinajstić information content (AvgIpc) is 3.43. The van der Waals surface area contributed by atoms with Gasteiger partial charge in [-0.3, -0.25) is 9.59 Å². The van der Waals surface area contributed by atoms with Gasteiger partial charge in [0.15, 0.2) is 0 Å². The number of fused-ring (bicyclic) bond motifs is 1. The van der Waals surface area contributed by atoms with E-state index in [1.165, 1.54) is 6.07 Å². The van der Waals surface area contributed by atoms with E-state index in [-0.39, 0.29) is 17.6 Å². The molecule has 0 saturated carbocycles. The number of likely N-dealkylation sites (N-methyl/N-ethyl adjacent to an activating group) is 1. The fourth-order valence-electron chi connectivity index (χ4n) is 5.11. The highest BCUT2D eigenvalue weighted by Gasteiger charge is 2.30. The van der Waals surface area contributed by atoms with E-state index >= 15 is 4.39 Å². The molecule has 0 aliphatic carbocycles. The maximum absolute atomic E-state index is 15.0. The van der Waals surface area contributed by atoms with Gasteiger partial charge in [0.2, 0.25) is 5.91 Å². The SMILES string of the molecule is CN(C)C1CCN(c2ccc(N3CCc4cc(N5CCCC5=O)ccc4C3=O)cc2F)C1. The normalized spacial score (nSPS) is 21.1. The van der Waals surface area contributed by atoms with E-state index < -0.39 is 0 Å². The number of carbonyl (C=O) groups is 2. The number of benzene rings is 2. The Bertz CT molecular complexity index is 1070. The molecule has 32 heavy (non-hydrogen) atoms. The van der Waals surface area contributed by atoms with Crippen LogP contribution in [0.5, 0.6) is 0 Å². The van der Waals surface area contributed by atoms with Crippen LogP contribution in [-0.4, -0.2) is 63.0 Å². The molecule has 2 fully saturated rings. The first-order valence-electron chi connectivity index (χ1n) is 11.4. The Hall–Kier alpha value is -2.93. The van der Waals surface area contributed by atoms with Crippen LogP contribution in [0.15, 0.2) is 36.4 Å². The van der Waals surface area contributed by atoms with Crippen molar-refractivity contribution in [3.8, 4) is 0 Å². The van der Waals surface area contributed by atoms with Crippen LogP contribution in [-0.2, 0) is 11.2 Å². The second-order valence-corrected chi connectivity index (χ2v) is 9.19. The number of rotatable bonds is 4. The molecule has 2 saturated heterocycles. The number of nitrogens with zero attached hydrogens (tertiary/aromatic N) is 4. The van der Waals surface area contributed by atoms with Gasteiger partial charge in [0.25, 0.3) is 5.91 Å². The zero-order valence-corrected chi connectivity index (χ0v) is 18.7. The van der Waals surface area contributed by atoms with Crippen LogP contribution in [0.2, 0.25) is 0 Å². The summed E-state index contributed by atoms with van der Waals surface area (Å²) >= 11 is 0. The van der Waals surface area contributed by atoms with Crippen LogP contribution in [0.3, 0.4) is 0 Å². The second kappa shape index (κ2) is 8.20. The van der Waals surface area contributed by atoms with Gasteiger partial charge < -0.3 is 19.6 Å². The Morgan fingerprint density at radius 1 is 0.938 bits per heavy atom. The first kappa shape index (κ1) is 20.9. The van der Waals surface area contributed by atoms with E-state index in [4.69, 9.17) is 0 Å². The summed E-state index contributed by atoms with van der Waals surface area (Å²) in [5.41, 5.74) is 3.63. The molecule has 3 aliphatic rings. The maximum atomic E-state index is 15.0. The van der Waals surface area contributed by atoms with Crippen LogP contribution in [0.25, 0.3) is 0 Å². The van der Waals surface area contributed by atoms with Crippen molar-refractivity contribution in [1.29, 1.82) is 0 Å². The molecule has 0 bridgehead atoms. The van der Waals surface area contributed by atoms with Gasteiger partial charge in [0.1, 0.15) is 5.82 Å². The van der Waals surface area contributed by atoms with Crippen LogP contribution in [0.1, 0.15) is 35.2 Å². The van der Waals surface area contributed by atoms with E-state index in [1.807, 2.05) is 18.2 Å². The number of hydrogen-bond acceptors (Lipinski definition) is 4. The molecular formula is C25H29FN4O2. The topological polar surface area (TPSA) is 47.1 Å². The van der Waals surface area contributed by atoms with E-state index in [9.17, 15) is 9.59 Å². The first-order chi connectivity index (χ1) is 15.4. The third kappa shape index (κ3) is 3.64. The lowest BCUT2D eigenvalue weighted by atomic mass is 9.97. The van der Waals surface area contributed by atoms with Crippen molar-refractivity contribution in [2.24, 2.45) is 0 Å². The van der Waals surface area contributed by atoms with Crippen molar-refractivity contribution in [3.63, 3.8) is 0 Å². The molecule has 2 amide bonds. The summed E-state index contributed by atoms with van der Waals surface area (Å²) in [5, 5.41) is 0. The predicted molar refractivity (Wildman–Crippen MR) is 124 cm³/mol. The summed E-state index contributed by atoms with van der Waals surface area (Å²) in [6.07, 6.45) is 3.15. The van der Waals surface area contributed by atoms with Crippen molar-refractivity contribution >= 4 is 28.9 Å². The van der Waals surface area contributed by atoms with Gasteiger partial charge in [-0.2, -0.15) is 0 Å². The molecule has 3 heterocycles. The van der Waals surface area contributed by atoms with Crippen molar-refractivity contribution in [1.82, 2.24) is 4.90 Å². The minimum atomic E-state index is -0.289. The standard InChI is InChI=1S/C25H29FN4O2/c1-27(2)20-10-12-28(16-20)23-8-6-19(15-22(23)26)30-13-9-17-14-18(5-7-21(17)25(30)32)29-11-3-4-24(29)31/h5-8,14-15,20H,3-4,9-13,16H2,1-2H3.